The first-order valence-corrected chi connectivity index (χ1v) is 13.3. The van der Waals surface area contributed by atoms with Gasteiger partial charge in [-0.05, 0) is 54.1 Å². The van der Waals surface area contributed by atoms with Crippen LogP contribution in [-0.4, -0.2) is 34.0 Å². The molecule has 0 saturated carbocycles. The van der Waals surface area contributed by atoms with Gasteiger partial charge in [-0.2, -0.15) is 5.10 Å². The van der Waals surface area contributed by atoms with Gasteiger partial charge in [0, 0.05) is 28.8 Å². The predicted molar refractivity (Wildman–Crippen MR) is 147 cm³/mol. The Morgan fingerprint density at radius 3 is 2.47 bits per heavy atom. The van der Waals surface area contributed by atoms with Crippen molar-refractivity contribution in [3.63, 3.8) is 0 Å². The fourth-order valence-corrected chi connectivity index (χ4v) is 4.33. The van der Waals surface area contributed by atoms with Gasteiger partial charge in [0.05, 0.1) is 11.0 Å². The maximum atomic E-state index is 13.1. The molecule has 6 N–H and O–H groups in total. The van der Waals surface area contributed by atoms with Crippen LogP contribution in [0.5, 0.6) is 0 Å². The molecule has 1 aliphatic rings. The largest absolute Gasteiger partial charge is 0.356 e. The molecule has 3 aromatic carbocycles. The van der Waals surface area contributed by atoms with Gasteiger partial charge in [0.25, 0.3) is 0 Å². The summed E-state index contributed by atoms with van der Waals surface area (Å²) in [6.45, 7) is 0. The molecule has 0 fully saturated rings. The van der Waals surface area contributed by atoms with Crippen molar-refractivity contribution in [2.45, 2.75) is 12.5 Å². The molecule has 1 heterocycles. The summed E-state index contributed by atoms with van der Waals surface area (Å²) in [7, 11) is -4.41. The molecule has 1 atom stereocenters. The average Bonchev–Trinajstić information content (AvgIpc) is 3.42. The number of hydrogen-bond acceptors (Lipinski definition) is 7. The van der Waals surface area contributed by atoms with Crippen LogP contribution in [0, 0.1) is 0 Å². The van der Waals surface area contributed by atoms with Gasteiger partial charge in [0.15, 0.2) is 0 Å². The van der Waals surface area contributed by atoms with Crippen molar-refractivity contribution in [2.24, 2.45) is 5.10 Å². The van der Waals surface area contributed by atoms with Crippen LogP contribution in [0.1, 0.15) is 11.1 Å². The number of benzene rings is 3. The van der Waals surface area contributed by atoms with Crippen LogP contribution in [0.15, 0.2) is 84.0 Å². The number of anilines is 2. The summed E-state index contributed by atoms with van der Waals surface area (Å²) >= 11 is 6.15. The quantitative estimate of drug-likeness (QED) is 0.174. The fourth-order valence-electron chi connectivity index (χ4n) is 3.61. The van der Waals surface area contributed by atoms with Crippen molar-refractivity contribution < 1.29 is 23.9 Å². The molecule has 3 aromatic rings. The Hall–Kier alpha value is -3.99. The maximum absolute atomic E-state index is 13.1. The standard InChI is InChI=1S/C25H24ClN6O5P/c26-19-7-12-23(32-16-27-30-31-32)18(15-19)6-13-24(33)29-22(14-17-4-2-1-3-5-17)25(34)28-20-8-10-21(11-9-20)38(35,36)37/h1-13,15-16,22,30-31H,14H2,(H,28,34)(H,29,33)(H2,35,36,37)/b13-6+/t22-/m0/s1. The maximum Gasteiger partial charge on any atom is 0.356 e. The van der Waals surface area contributed by atoms with Gasteiger partial charge in [-0.1, -0.05) is 41.9 Å². The van der Waals surface area contributed by atoms with Crippen LogP contribution in [0.4, 0.5) is 11.4 Å². The van der Waals surface area contributed by atoms with Crippen molar-refractivity contribution in [1.82, 2.24) is 16.4 Å². The zero-order valence-electron chi connectivity index (χ0n) is 19.8. The number of hydrazone groups is 1. The van der Waals surface area contributed by atoms with Gasteiger partial charge in [-0.25, -0.2) is 10.5 Å². The second-order valence-electron chi connectivity index (χ2n) is 8.21. The monoisotopic (exact) mass is 554 g/mol. The number of amides is 2. The van der Waals surface area contributed by atoms with Crippen molar-refractivity contribution in [2.75, 3.05) is 10.3 Å². The average molecular weight is 555 g/mol. The fraction of sp³-hybridized carbons (Fsp3) is 0.0800. The van der Waals surface area contributed by atoms with E-state index in [1.54, 1.807) is 29.3 Å². The van der Waals surface area contributed by atoms with E-state index in [4.69, 9.17) is 11.6 Å². The summed E-state index contributed by atoms with van der Waals surface area (Å²) in [4.78, 5) is 44.6. The Kier molecular flexibility index (Phi) is 8.57. The number of rotatable bonds is 9. The number of hydrazine groups is 2. The summed E-state index contributed by atoms with van der Waals surface area (Å²) < 4.78 is 11.4. The lowest BCUT2D eigenvalue weighted by Gasteiger charge is -2.18. The van der Waals surface area contributed by atoms with Gasteiger partial charge >= 0.3 is 7.60 Å². The molecule has 2 amide bonds. The first-order valence-electron chi connectivity index (χ1n) is 11.3. The predicted octanol–water partition coefficient (Wildman–Crippen LogP) is 2.29. The smallest absolute Gasteiger partial charge is 0.340 e. The molecule has 4 rings (SSSR count). The van der Waals surface area contributed by atoms with Crippen LogP contribution in [-0.2, 0) is 20.6 Å². The summed E-state index contributed by atoms with van der Waals surface area (Å²) in [6.07, 6.45) is 4.61. The molecule has 0 aromatic heterocycles. The van der Waals surface area contributed by atoms with Gasteiger partial charge < -0.3 is 20.4 Å². The van der Waals surface area contributed by atoms with Crippen molar-refractivity contribution >= 4 is 60.1 Å². The molecular weight excluding hydrogens is 531 g/mol. The molecule has 0 bridgehead atoms. The van der Waals surface area contributed by atoms with Crippen LogP contribution in [0.3, 0.4) is 0 Å². The van der Waals surface area contributed by atoms with Gasteiger partial charge in [0.2, 0.25) is 11.8 Å². The molecule has 1 aliphatic heterocycles. The second kappa shape index (κ2) is 12.0. The highest BCUT2D eigenvalue weighted by Gasteiger charge is 2.22. The molecule has 38 heavy (non-hydrogen) atoms. The molecule has 0 saturated heterocycles. The Bertz CT molecular complexity index is 1410. The van der Waals surface area contributed by atoms with E-state index in [0.29, 0.717) is 22.0 Å². The first kappa shape index (κ1) is 27.1. The third-order valence-electron chi connectivity index (χ3n) is 5.46. The summed E-state index contributed by atoms with van der Waals surface area (Å²) in [5.74, 6) is -1.00. The van der Waals surface area contributed by atoms with Crippen LogP contribution in [0.2, 0.25) is 5.02 Å². The lowest BCUT2D eigenvalue weighted by atomic mass is 10.0. The second-order valence-corrected chi connectivity index (χ2v) is 10.2. The molecule has 11 nitrogen and oxygen atoms in total. The lowest BCUT2D eigenvalue weighted by Crippen LogP contribution is -2.44. The van der Waals surface area contributed by atoms with E-state index >= 15 is 0 Å². The third kappa shape index (κ3) is 7.28. The molecule has 0 aliphatic carbocycles. The summed E-state index contributed by atoms with van der Waals surface area (Å²) in [5, 5.41) is 11.2. The minimum atomic E-state index is -4.41. The molecule has 0 spiro atoms. The number of halogens is 1. The number of nitrogens with zero attached hydrogens (tertiary/aromatic N) is 2. The van der Waals surface area contributed by atoms with Crippen LogP contribution in [0.25, 0.3) is 6.08 Å². The van der Waals surface area contributed by atoms with E-state index in [0.717, 1.165) is 5.56 Å². The van der Waals surface area contributed by atoms with E-state index in [1.165, 1.54) is 36.7 Å². The number of nitrogens with one attached hydrogen (secondary N) is 4. The highest BCUT2D eigenvalue weighted by Crippen LogP contribution is 2.33. The third-order valence-corrected chi connectivity index (χ3v) is 6.66. The lowest BCUT2D eigenvalue weighted by molar-refractivity contribution is -0.123. The number of hydrogen-bond donors (Lipinski definition) is 6. The number of carbonyl (C=O) groups is 2. The molecular formula is C25H24ClN6O5P. The topological polar surface area (TPSA) is 155 Å². The molecule has 0 unspecified atom stereocenters. The zero-order valence-corrected chi connectivity index (χ0v) is 21.4. The molecule has 13 heteroatoms. The van der Waals surface area contributed by atoms with Gasteiger partial charge in [0.1, 0.15) is 12.4 Å². The number of carbonyl (C=O) groups excluding carboxylic acids is 2. The van der Waals surface area contributed by atoms with Crippen LogP contribution >= 0.6 is 19.2 Å². The van der Waals surface area contributed by atoms with E-state index < -0.39 is 25.5 Å². The first-order chi connectivity index (χ1) is 18.2. The highest BCUT2D eigenvalue weighted by molar-refractivity contribution is 7.60. The highest BCUT2D eigenvalue weighted by atomic mass is 35.5. The van der Waals surface area contributed by atoms with E-state index in [-0.39, 0.29) is 11.7 Å². The van der Waals surface area contributed by atoms with E-state index in [1.807, 2.05) is 30.3 Å². The van der Waals surface area contributed by atoms with E-state index in [9.17, 15) is 23.9 Å². The van der Waals surface area contributed by atoms with E-state index in [2.05, 4.69) is 26.8 Å². The Labute approximate surface area is 223 Å². The van der Waals surface area contributed by atoms with Gasteiger partial charge in [-0.15, -0.1) is 5.53 Å². The van der Waals surface area contributed by atoms with Crippen LogP contribution < -0.4 is 32.0 Å². The SMILES string of the molecule is O=C(/C=C/c1cc(Cl)ccc1N1C=NNN1)N[C@@H](Cc1ccccc1)C(=O)Nc1ccc(P(=O)(O)O)cc1. The Morgan fingerprint density at radius 1 is 1.08 bits per heavy atom. The normalized spacial score (nSPS) is 13.8. The summed E-state index contributed by atoms with van der Waals surface area (Å²) in [5.41, 5.74) is 7.88. The Morgan fingerprint density at radius 2 is 1.82 bits per heavy atom. The van der Waals surface area contributed by atoms with Crippen molar-refractivity contribution in [3.05, 3.63) is 95.0 Å². The van der Waals surface area contributed by atoms with Gasteiger partial charge in [-0.3, -0.25) is 14.2 Å². The summed E-state index contributed by atoms with van der Waals surface area (Å²) in [6, 6.07) is 18.7. The van der Waals surface area contributed by atoms with Crippen molar-refractivity contribution in [3.8, 4) is 0 Å². The van der Waals surface area contributed by atoms with Crippen molar-refractivity contribution in [1.29, 1.82) is 0 Å². The minimum Gasteiger partial charge on any atom is -0.340 e. The Balaban J connectivity index is 1.50. The minimum absolute atomic E-state index is 0.165. The molecule has 196 valence electrons. The molecule has 0 radical (unpaired) electrons. The zero-order chi connectivity index (χ0) is 27.1.